The van der Waals surface area contributed by atoms with Gasteiger partial charge in [0.25, 0.3) is 0 Å². The van der Waals surface area contributed by atoms with Gasteiger partial charge in [0.2, 0.25) is 0 Å². The summed E-state index contributed by atoms with van der Waals surface area (Å²) in [5.74, 6) is 0. The van der Waals surface area contributed by atoms with Gasteiger partial charge in [0.15, 0.2) is 0 Å². The van der Waals surface area contributed by atoms with E-state index in [4.69, 9.17) is 0 Å². The molecule has 0 spiro atoms. The molecule has 0 aliphatic rings. The molecule has 56 valence electrons. The molecule has 0 aliphatic heterocycles. The van der Waals surface area contributed by atoms with Gasteiger partial charge in [-0.15, -0.1) is 0 Å². The van der Waals surface area contributed by atoms with Crippen molar-refractivity contribution in [1.29, 1.82) is 0 Å². The third kappa shape index (κ3) is 0.981. The summed E-state index contributed by atoms with van der Waals surface area (Å²) in [6, 6.07) is 7.87. The lowest BCUT2D eigenvalue weighted by molar-refractivity contribution is 0.578. The van der Waals surface area contributed by atoms with Crippen LogP contribution in [-0.4, -0.2) is 15.0 Å². The molecule has 1 aromatic carbocycles. The van der Waals surface area contributed by atoms with Crippen LogP contribution in [0.15, 0.2) is 24.3 Å². The summed E-state index contributed by atoms with van der Waals surface area (Å²) >= 11 is 0. The van der Waals surface area contributed by atoms with Gasteiger partial charge in [-0.3, -0.25) is 0 Å². The number of aryl methyl sites for hydroxylation is 1. The van der Waals surface area contributed by atoms with E-state index in [2.05, 4.69) is 10.2 Å². The Balaban J connectivity index is 2.69. The van der Waals surface area contributed by atoms with Crippen molar-refractivity contribution in [2.45, 2.75) is 13.5 Å². The van der Waals surface area contributed by atoms with E-state index in [0.717, 1.165) is 17.6 Å². The van der Waals surface area contributed by atoms with Crippen molar-refractivity contribution in [1.82, 2.24) is 15.0 Å². The lowest BCUT2D eigenvalue weighted by Crippen LogP contribution is -1.97. The summed E-state index contributed by atoms with van der Waals surface area (Å²) in [4.78, 5) is 1.70. The number of hydrogen-bond donors (Lipinski definition) is 0. The van der Waals surface area contributed by atoms with Gasteiger partial charge in [-0.2, -0.15) is 15.0 Å². The lowest BCUT2D eigenvalue weighted by Gasteiger charge is -1.86. The maximum atomic E-state index is 4.24. The van der Waals surface area contributed by atoms with Crippen molar-refractivity contribution < 1.29 is 0 Å². The molecule has 0 fully saturated rings. The molecule has 0 N–H and O–H groups in total. The van der Waals surface area contributed by atoms with Crippen LogP contribution in [0.1, 0.15) is 6.92 Å². The van der Waals surface area contributed by atoms with Crippen molar-refractivity contribution in [3.8, 4) is 0 Å². The first kappa shape index (κ1) is 6.34. The minimum atomic E-state index is 0.828. The Labute approximate surface area is 64.6 Å². The molecule has 0 atom stereocenters. The van der Waals surface area contributed by atoms with E-state index < -0.39 is 0 Å². The maximum Gasteiger partial charge on any atom is 0.113 e. The SMILES string of the molecule is CCn1nc2ccccc2n1. The minimum absolute atomic E-state index is 0.828. The van der Waals surface area contributed by atoms with Crippen molar-refractivity contribution in [2.24, 2.45) is 0 Å². The Morgan fingerprint density at radius 3 is 2.18 bits per heavy atom. The van der Waals surface area contributed by atoms with Gasteiger partial charge in [-0.05, 0) is 19.1 Å². The van der Waals surface area contributed by atoms with Gasteiger partial charge in [0.1, 0.15) is 11.0 Å². The van der Waals surface area contributed by atoms with E-state index >= 15 is 0 Å². The molecule has 2 rings (SSSR count). The quantitative estimate of drug-likeness (QED) is 0.611. The Morgan fingerprint density at radius 1 is 1.18 bits per heavy atom. The molecule has 1 aromatic heterocycles. The molecule has 0 aliphatic carbocycles. The topological polar surface area (TPSA) is 30.7 Å². The molecule has 11 heavy (non-hydrogen) atoms. The second-order valence-corrected chi connectivity index (χ2v) is 2.38. The van der Waals surface area contributed by atoms with Gasteiger partial charge in [-0.25, -0.2) is 0 Å². The number of fused-ring (bicyclic) bond motifs is 1. The largest absolute Gasteiger partial charge is 0.184 e. The van der Waals surface area contributed by atoms with E-state index in [1.54, 1.807) is 4.80 Å². The third-order valence-corrected chi connectivity index (χ3v) is 1.61. The van der Waals surface area contributed by atoms with Crippen molar-refractivity contribution in [3.63, 3.8) is 0 Å². The second-order valence-electron chi connectivity index (χ2n) is 2.38. The highest BCUT2D eigenvalue weighted by molar-refractivity contribution is 5.72. The van der Waals surface area contributed by atoms with Crippen LogP contribution in [0, 0.1) is 0 Å². The molecular formula is C8H9N3. The highest BCUT2D eigenvalue weighted by Crippen LogP contribution is 2.06. The second kappa shape index (κ2) is 2.34. The lowest BCUT2D eigenvalue weighted by atomic mass is 10.3. The Hall–Kier alpha value is -1.38. The molecule has 0 amide bonds. The monoisotopic (exact) mass is 147 g/mol. The Morgan fingerprint density at radius 2 is 1.73 bits per heavy atom. The zero-order valence-corrected chi connectivity index (χ0v) is 6.36. The molecular weight excluding hydrogens is 138 g/mol. The summed E-state index contributed by atoms with van der Waals surface area (Å²) < 4.78 is 0. The molecule has 0 saturated carbocycles. The fourth-order valence-electron chi connectivity index (χ4n) is 1.05. The van der Waals surface area contributed by atoms with Crippen LogP contribution >= 0.6 is 0 Å². The van der Waals surface area contributed by atoms with Crippen LogP contribution < -0.4 is 0 Å². The summed E-state index contributed by atoms with van der Waals surface area (Å²) in [5.41, 5.74) is 1.93. The first-order valence-electron chi connectivity index (χ1n) is 3.70. The fourth-order valence-corrected chi connectivity index (χ4v) is 1.05. The van der Waals surface area contributed by atoms with Crippen molar-refractivity contribution in [3.05, 3.63) is 24.3 Å². The van der Waals surface area contributed by atoms with Crippen LogP contribution in [0.3, 0.4) is 0 Å². The van der Waals surface area contributed by atoms with Gasteiger partial charge in [-0.1, -0.05) is 12.1 Å². The first-order valence-corrected chi connectivity index (χ1v) is 3.70. The van der Waals surface area contributed by atoms with Crippen LogP contribution in [0.5, 0.6) is 0 Å². The van der Waals surface area contributed by atoms with Gasteiger partial charge in [0.05, 0.1) is 6.54 Å². The summed E-state index contributed by atoms with van der Waals surface area (Å²) in [5, 5.41) is 8.47. The zero-order valence-electron chi connectivity index (χ0n) is 6.36. The van der Waals surface area contributed by atoms with Crippen LogP contribution in [0.25, 0.3) is 11.0 Å². The highest BCUT2D eigenvalue weighted by atomic mass is 15.5. The van der Waals surface area contributed by atoms with E-state index in [9.17, 15) is 0 Å². The van der Waals surface area contributed by atoms with Crippen LogP contribution in [0.4, 0.5) is 0 Å². The van der Waals surface area contributed by atoms with Gasteiger partial charge < -0.3 is 0 Å². The number of rotatable bonds is 1. The van der Waals surface area contributed by atoms with Crippen LogP contribution in [0.2, 0.25) is 0 Å². The Kier molecular flexibility index (Phi) is 1.35. The minimum Gasteiger partial charge on any atom is -0.184 e. The van der Waals surface area contributed by atoms with E-state index in [1.165, 1.54) is 0 Å². The summed E-state index contributed by atoms with van der Waals surface area (Å²) in [7, 11) is 0. The van der Waals surface area contributed by atoms with E-state index in [0.29, 0.717) is 0 Å². The number of hydrogen-bond acceptors (Lipinski definition) is 2. The van der Waals surface area contributed by atoms with E-state index in [-0.39, 0.29) is 0 Å². The summed E-state index contributed by atoms with van der Waals surface area (Å²) in [6.45, 7) is 2.85. The zero-order chi connectivity index (χ0) is 7.68. The molecule has 3 heteroatoms. The predicted molar refractivity (Wildman–Crippen MR) is 43.2 cm³/mol. The molecule has 2 aromatic rings. The van der Waals surface area contributed by atoms with E-state index in [1.807, 2.05) is 31.2 Å². The average Bonchev–Trinajstić information content (AvgIpc) is 2.46. The fraction of sp³-hybridized carbons (Fsp3) is 0.250. The van der Waals surface area contributed by atoms with Crippen molar-refractivity contribution in [2.75, 3.05) is 0 Å². The highest BCUT2D eigenvalue weighted by Gasteiger charge is 1.97. The molecule has 0 saturated heterocycles. The van der Waals surface area contributed by atoms with Gasteiger partial charge in [0, 0.05) is 0 Å². The molecule has 0 bridgehead atoms. The maximum absolute atomic E-state index is 4.24. The predicted octanol–water partition coefficient (Wildman–Crippen LogP) is 1.45. The smallest absolute Gasteiger partial charge is 0.113 e. The van der Waals surface area contributed by atoms with Crippen LogP contribution in [-0.2, 0) is 6.54 Å². The number of aromatic nitrogens is 3. The molecule has 1 heterocycles. The normalized spacial score (nSPS) is 10.6. The van der Waals surface area contributed by atoms with Crippen molar-refractivity contribution >= 4 is 11.0 Å². The number of benzene rings is 1. The standard InChI is InChI=1S/C8H9N3/c1-2-11-9-7-5-3-4-6-8(7)10-11/h3-6H,2H2,1H3. The Bertz CT molecular complexity index is 331. The average molecular weight is 147 g/mol. The summed E-state index contributed by atoms with van der Waals surface area (Å²) in [6.07, 6.45) is 0. The molecule has 0 radical (unpaired) electrons. The first-order chi connectivity index (χ1) is 5.40. The third-order valence-electron chi connectivity index (χ3n) is 1.61. The molecule has 0 unspecified atom stereocenters. The number of nitrogens with zero attached hydrogens (tertiary/aromatic N) is 3. The van der Waals surface area contributed by atoms with Gasteiger partial charge >= 0.3 is 0 Å². The molecule has 3 nitrogen and oxygen atoms in total.